The third kappa shape index (κ3) is 1.25. The SMILES string of the molecule is FC(F)c1cc(C2CC2)[nH]n1. The van der Waals surface area contributed by atoms with Gasteiger partial charge in [-0.2, -0.15) is 5.10 Å². The van der Waals surface area contributed by atoms with Crippen LogP contribution in [-0.4, -0.2) is 10.2 Å². The van der Waals surface area contributed by atoms with Gasteiger partial charge in [-0.15, -0.1) is 0 Å². The third-order valence-electron chi connectivity index (χ3n) is 1.86. The first-order valence-corrected chi connectivity index (χ1v) is 3.60. The first-order valence-electron chi connectivity index (χ1n) is 3.60. The van der Waals surface area contributed by atoms with E-state index in [2.05, 4.69) is 10.2 Å². The maximum atomic E-state index is 12.0. The molecule has 60 valence electrons. The Labute approximate surface area is 62.6 Å². The molecule has 0 aromatic carbocycles. The fourth-order valence-electron chi connectivity index (χ4n) is 1.07. The number of aromatic nitrogens is 2. The second kappa shape index (κ2) is 2.29. The van der Waals surface area contributed by atoms with Crippen LogP contribution in [0, 0.1) is 0 Å². The zero-order valence-electron chi connectivity index (χ0n) is 5.85. The average molecular weight is 158 g/mol. The molecule has 1 saturated carbocycles. The van der Waals surface area contributed by atoms with Gasteiger partial charge in [-0.05, 0) is 18.9 Å². The number of hydrogen-bond acceptors (Lipinski definition) is 1. The molecule has 4 heteroatoms. The lowest BCUT2D eigenvalue weighted by Crippen LogP contribution is -1.81. The zero-order valence-corrected chi connectivity index (χ0v) is 5.85. The smallest absolute Gasteiger partial charge is 0.282 e. The first-order chi connectivity index (χ1) is 5.27. The summed E-state index contributed by atoms with van der Waals surface area (Å²) in [6.07, 6.45) is -0.241. The minimum absolute atomic E-state index is 0.132. The molecule has 0 atom stereocenters. The van der Waals surface area contributed by atoms with Gasteiger partial charge in [0.15, 0.2) is 0 Å². The number of H-pyrrole nitrogens is 1. The van der Waals surface area contributed by atoms with Gasteiger partial charge in [-0.25, -0.2) is 8.78 Å². The fraction of sp³-hybridized carbons (Fsp3) is 0.571. The number of hydrogen-bond donors (Lipinski definition) is 1. The maximum Gasteiger partial charge on any atom is 0.282 e. The van der Waals surface area contributed by atoms with E-state index in [0.717, 1.165) is 18.5 Å². The fourth-order valence-corrected chi connectivity index (χ4v) is 1.07. The quantitative estimate of drug-likeness (QED) is 0.702. The standard InChI is InChI=1S/C7H8F2N2/c8-7(9)6-3-5(10-11-6)4-1-2-4/h3-4,7H,1-2H2,(H,10,11). The molecule has 1 aromatic rings. The molecular formula is C7H8F2N2. The van der Waals surface area contributed by atoms with Crippen LogP contribution in [0.15, 0.2) is 6.07 Å². The molecule has 1 aliphatic carbocycles. The van der Waals surface area contributed by atoms with Gasteiger partial charge in [-0.3, -0.25) is 5.10 Å². The molecule has 1 fully saturated rings. The van der Waals surface area contributed by atoms with Crippen LogP contribution in [0.5, 0.6) is 0 Å². The highest BCUT2D eigenvalue weighted by molar-refractivity contribution is 5.17. The first kappa shape index (κ1) is 6.76. The van der Waals surface area contributed by atoms with E-state index in [4.69, 9.17) is 0 Å². The van der Waals surface area contributed by atoms with Crippen LogP contribution >= 0.6 is 0 Å². The number of nitrogens with one attached hydrogen (secondary N) is 1. The molecule has 0 aliphatic heterocycles. The third-order valence-corrected chi connectivity index (χ3v) is 1.86. The molecule has 0 spiro atoms. The summed E-state index contributed by atoms with van der Waals surface area (Å²) in [7, 11) is 0. The molecule has 1 heterocycles. The van der Waals surface area contributed by atoms with Crippen molar-refractivity contribution in [1.82, 2.24) is 10.2 Å². The molecule has 0 saturated heterocycles. The largest absolute Gasteiger partial charge is 0.282 e. The molecule has 0 unspecified atom stereocenters. The molecule has 1 N–H and O–H groups in total. The summed E-state index contributed by atoms with van der Waals surface area (Å²) in [4.78, 5) is 0. The summed E-state index contributed by atoms with van der Waals surface area (Å²) in [6.45, 7) is 0. The molecule has 0 radical (unpaired) electrons. The van der Waals surface area contributed by atoms with Crippen molar-refractivity contribution < 1.29 is 8.78 Å². The highest BCUT2D eigenvalue weighted by Crippen LogP contribution is 2.39. The second-order valence-electron chi connectivity index (χ2n) is 2.82. The van der Waals surface area contributed by atoms with Gasteiger partial charge >= 0.3 is 0 Å². The minimum atomic E-state index is -2.45. The molecule has 0 bridgehead atoms. The number of alkyl halides is 2. The summed E-state index contributed by atoms with van der Waals surface area (Å²) >= 11 is 0. The van der Waals surface area contributed by atoms with Crippen LogP contribution in [0.2, 0.25) is 0 Å². The predicted octanol–water partition coefficient (Wildman–Crippen LogP) is 2.22. The Balaban J connectivity index is 2.18. The van der Waals surface area contributed by atoms with Crippen molar-refractivity contribution in [3.8, 4) is 0 Å². The van der Waals surface area contributed by atoms with E-state index in [9.17, 15) is 8.78 Å². The van der Waals surface area contributed by atoms with E-state index in [0.29, 0.717) is 5.92 Å². The van der Waals surface area contributed by atoms with Crippen molar-refractivity contribution >= 4 is 0 Å². The minimum Gasteiger partial charge on any atom is -0.282 e. The van der Waals surface area contributed by atoms with Crippen molar-refractivity contribution in [1.29, 1.82) is 0 Å². The summed E-state index contributed by atoms with van der Waals surface area (Å²) in [5.41, 5.74) is 0.729. The van der Waals surface area contributed by atoms with E-state index in [1.807, 2.05) is 0 Å². The Morgan fingerprint density at radius 2 is 2.27 bits per heavy atom. The molecular weight excluding hydrogens is 150 g/mol. The maximum absolute atomic E-state index is 12.0. The van der Waals surface area contributed by atoms with Gasteiger partial charge in [0.25, 0.3) is 6.43 Å². The van der Waals surface area contributed by atoms with Gasteiger partial charge < -0.3 is 0 Å². The van der Waals surface area contributed by atoms with Crippen LogP contribution in [0.1, 0.15) is 36.6 Å². The highest BCUT2D eigenvalue weighted by atomic mass is 19.3. The van der Waals surface area contributed by atoms with E-state index >= 15 is 0 Å². The normalized spacial score (nSPS) is 17.7. The molecule has 11 heavy (non-hydrogen) atoms. The van der Waals surface area contributed by atoms with Crippen molar-refractivity contribution in [2.75, 3.05) is 0 Å². The Bertz CT molecular complexity index is 236. The van der Waals surface area contributed by atoms with Crippen molar-refractivity contribution in [3.63, 3.8) is 0 Å². The van der Waals surface area contributed by atoms with Crippen LogP contribution in [-0.2, 0) is 0 Å². The van der Waals surface area contributed by atoms with Crippen molar-refractivity contribution in [2.45, 2.75) is 25.2 Å². The Kier molecular flexibility index (Phi) is 1.41. The molecule has 0 amide bonds. The lowest BCUT2D eigenvalue weighted by atomic mass is 10.3. The number of aromatic amines is 1. The second-order valence-corrected chi connectivity index (χ2v) is 2.82. The molecule has 2 rings (SSSR count). The Morgan fingerprint density at radius 3 is 2.73 bits per heavy atom. The molecule has 2 nitrogen and oxygen atoms in total. The van der Waals surface area contributed by atoms with Crippen molar-refractivity contribution in [3.05, 3.63) is 17.5 Å². The summed E-state index contributed by atoms with van der Waals surface area (Å²) in [5, 5.41) is 6.12. The van der Waals surface area contributed by atoms with Crippen LogP contribution < -0.4 is 0 Å². The number of rotatable bonds is 2. The van der Waals surface area contributed by atoms with Crippen molar-refractivity contribution in [2.24, 2.45) is 0 Å². The average Bonchev–Trinajstić information content (AvgIpc) is 2.68. The van der Waals surface area contributed by atoms with Gasteiger partial charge in [0.2, 0.25) is 0 Å². The summed E-state index contributed by atoms with van der Waals surface area (Å²) in [5.74, 6) is 0.468. The van der Waals surface area contributed by atoms with E-state index in [1.54, 1.807) is 0 Å². The van der Waals surface area contributed by atoms with E-state index in [1.165, 1.54) is 6.07 Å². The van der Waals surface area contributed by atoms with Crippen LogP contribution in [0.4, 0.5) is 8.78 Å². The topological polar surface area (TPSA) is 28.7 Å². The molecule has 1 aliphatic rings. The lowest BCUT2D eigenvalue weighted by molar-refractivity contribution is 0.146. The highest BCUT2D eigenvalue weighted by Gasteiger charge is 2.26. The zero-order chi connectivity index (χ0) is 7.84. The van der Waals surface area contributed by atoms with Gasteiger partial charge in [-0.1, -0.05) is 0 Å². The van der Waals surface area contributed by atoms with E-state index < -0.39 is 6.43 Å². The lowest BCUT2D eigenvalue weighted by Gasteiger charge is -1.87. The number of nitrogens with zero attached hydrogens (tertiary/aromatic N) is 1. The van der Waals surface area contributed by atoms with Gasteiger partial charge in [0.1, 0.15) is 5.69 Å². The Morgan fingerprint density at radius 1 is 1.55 bits per heavy atom. The molecule has 1 aromatic heterocycles. The summed E-state index contributed by atoms with van der Waals surface area (Å²) in [6, 6.07) is 1.46. The van der Waals surface area contributed by atoms with Gasteiger partial charge in [0.05, 0.1) is 0 Å². The predicted molar refractivity (Wildman–Crippen MR) is 35.5 cm³/mol. The van der Waals surface area contributed by atoms with E-state index in [-0.39, 0.29) is 5.69 Å². The summed E-state index contributed by atoms with van der Waals surface area (Å²) < 4.78 is 24.0. The monoisotopic (exact) mass is 158 g/mol. The van der Waals surface area contributed by atoms with Gasteiger partial charge in [0, 0.05) is 11.6 Å². The Hall–Kier alpha value is -0.930. The van der Waals surface area contributed by atoms with Crippen LogP contribution in [0.25, 0.3) is 0 Å². The number of halogens is 2. The van der Waals surface area contributed by atoms with Crippen LogP contribution in [0.3, 0.4) is 0 Å².